The molecule has 2 rings (SSSR count). The first kappa shape index (κ1) is 15.7. The standard InChI is InChI=1S/C14H14BrFN2O3/c1-8-5-10(17-21-8)7-18(2)13(14(19)20)11-4-3-9(15)6-12(11)16/h3-6,13H,7H2,1-2H3,(H,19,20). The third kappa shape index (κ3) is 3.68. The Labute approximate surface area is 129 Å². The highest BCUT2D eigenvalue weighted by molar-refractivity contribution is 9.10. The average Bonchev–Trinajstić information content (AvgIpc) is 2.77. The van der Waals surface area contributed by atoms with E-state index in [2.05, 4.69) is 21.1 Å². The molecule has 0 fully saturated rings. The van der Waals surface area contributed by atoms with Crippen molar-refractivity contribution in [1.29, 1.82) is 0 Å². The van der Waals surface area contributed by atoms with Gasteiger partial charge in [0.05, 0.1) is 5.69 Å². The molecule has 2 aromatic rings. The van der Waals surface area contributed by atoms with E-state index in [1.807, 2.05) is 0 Å². The molecule has 1 N–H and O–H groups in total. The fourth-order valence-electron chi connectivity index (χ4n) is 2.12. The van der Waals surface area contributed by atoms with Gasteiger partial charge in [-0.25, -0.2) is 4.39 Å². The van der Waals surface area contributed by atoms with Gasteiger partial charge in [0.1, 0.15) is 17.6 Å². The molecule has 0 aliphatic rings. The molecule has 1 atom stereocenters. The van der Waals surface area contributed by atoms with Crippen LogP contribution in [-0.4, -0.2) is 28.2 Å². The van der Waals surface area contributed by atoms with Crippen molar-refractivity contribution >= 4 is 21.9 Å². The summed E-state index contributed by atoms with van der Waals surface area (Å²) in [5.41, 5.74) is 0.701. The maximum Gasteiger partial charge on any atom is 0.325 e. The van der Waals surface area contributed by atoms with Gasteiger partial charge in [0.2, 0.25) is 0 Å². The zero-order valence-electron chi connectivity index (χ0n) is 11.5. The van der Waals surface area contributed by atoms with Crippen molar-refractivity contribution in [2.24, 2.45) is 0 Å². The second-order valence-electron chi connectivity index (χ2n) is 4.75. The molecule has 5 nitrogen and oxygen atoms in total. The lowest BCUT2D eigenvalue weighted by molar-refractivity contribution is -0.143. The number of nitrogens with zero attached hydrogens (tertiary/aromatic N) is 2. The van der Waals surface area contributed by atoms with Gasteiger partial charge < -0.3 is 9.63 Å². The summed E-state index contributed by atoms with van der Waals surface area (Å²) in [6.45, 7) is 1.99. The van der Waals surface area contributed by atoms with Crippen LogP contribution in [0.2, 0.25) is 0 Å². The summed E-state index contributed by atoms with van der Waals surface area (Å²) in [5.74, 6) is -1.06. The van der Waals surface area contributed by atoms with Gasteiger partial charge >= 0.3 is 5.97 Å². The lowest BCUT2D eigenvalue weighted by Gasteiger charge is -2.24. The highest BCUT2D eigenvalue weighted by Gasteiger charge is 2.28. The summed E-state index contributed by atoms with van der Waals surface area (Å²) in [5, 5.41) is 13.2. The molecular formula is C14H14BrFN2O3. The predicted molar refractivity (Wildman–Crippen MR) is 77.2 cm³/mol. The SMILES string of the molecule is Cc1cc(CN(C)C(C(=O)O)c2ccc(Br)cc2F)no1. The first-order chi connectivity index (χ1) is 9.88. The third-order valence-electron chi connectivity index (χ3n) is 3.02. The summed E-state index contributed by atoms with van der Waals surface area (Å²) in [7, 11) is 1.60. The maximum atomic E-state index is 14.0. The fraction of sp³-hybridized carbons (Fsp3) is 0.286. The van der Waals surface area contributed by atoms with Crippen LogP contribution < -0.4 is 0 Å². The molecule has 0 spiro atoms. The van der Waals surface area contributed by atoms with E-state index in [0.29, 0.717) is 15.9 Å². The zero-order chi connectivity index (χ0) is 15.6. The maximum absolute atomic E-state index is 14.0. The monoisotopic (exact) mass is 356 g/mol. The predicted octanol–water partition coefficient (Wildman–Crippen LogP) is 3.14. The molecular weight excluding hydrogens is 343 g/mol. The number of aryl methyl sites for hydroxylation is 1. The number of hydrogen-bond donors (Lipinski definition) is 1. The summed E-state index contributed by atoms with van der Waals surface area (Å²) >= 11 is 3.15. The number of carboxylic acid groups (broad SMARTS) is 1. The number of hydrogen-bond acceptors (Lipinski definition) is 4. The Kier molecular flexibility index (Phi) is 4.74. The van der Waals surface area contributed by atoms with Crippen LogP contribution in [0.25, 0.3) is 0 Å². The molecule has 0 radical (unpaired) electrons. The third-order valence-corrected chi connectivity index (χ3v) is 3.51. The molecule has 1 unspecified atom stereocenters. The second-order valence-corrected chi connectivity index (χ2v) is 5.67. The van der Waals surface area contributed by atoms with Crippen molar-refractivity contribution in [3.8, 4) is 0 Å². The molecule has 0 saturated carbocycles. The molecule has 0 aliphatic heterocycles. The van der Waals surface area contributed by atoms with Crippen molar-refractivity contribution in [2.75, 3.05) is 7.05 Å². The smallest absolute Gasteiger partial charge is 0.325 e. The topological polar surface area (TPSA) is 66.6 Å². The van der Waals surface area contributed by atoms with Gasteiger partial charge in [0.25, 0.3) is 0 Å². The highest BCUT2D eigenvalue weighted by Crippen LogP contribution is 2.26. The molecule has 21 heavy (non-hydrogen) atoms. The summed E-state index contributed by atoms with van der Waals surface area (Å²) in [4.78, 5) is 13.0. The van der Waals surface area contributed by atoms with Gasteiger partial charge in [-0.05, 0) is 26.1 Å². The Bertz CT molecular complexity index is 659. The lowest BCUT2D eigenvalue weighted by atomic mass is 10.0. The minimum absolute atomic E-state index is 0.105. The van der Waals surface area contributed by atoms with Crippen molar-refractivity contribution < 1.29 is 18.8 Å². The highest BCUT2D eigenvalue weighted by atomic mass is 79.9. The van der Waals surface area contributed by atoms with E-state index in [1.165, 1.54) is 17.0 Å². The number of carbonyl (C=O) groups is 1. The van der Waals surface area contributed by atoms with Crippen LogP contribution in [0.15, 0.2) is 33.3 Å². The van der Waals surface area contributed by atoms with Crippen molar-refractivity contribution in [3.05, 3.63) is 51.6 Å². The molecule has 0 amide bonds. The van der Waals surface area contributed by atoms with Gasteiger partial charge in [-0.3, -0.25) is 9.69 Å². The van der Waals surface area contributed by atoms with Crippen molar-refractivity contribution in [2.45, 2.75) is 19.5 Å². The number of likely N-dealkylation sites (N-methyl/N-ethyl adjacent to an activating group) is 1. The first-order valence-corrected chi connectivity index (χ1v) is 6.98. The Morgan fingerprint density at radius 2 is 2.24 bits per heavy atom. The van der Waals surface area contributed by atoms with E-state index in [1.54, 1.807) is 26.1 Å². The van der Waals surface area contributed by atoms with Crippen molar-refractivity contribution in [3.63, 3.8) is 0 Å². The number of carboxylic acids is 1. The Morgan fingerprint density at radius 3 is 2.76 bits per heavy atom. The van der Waals surface area contributed by atoms with Crippen LogP contribution >= 0.6 is 15.9 Å². The molecule has 1 heterocycles. The summed E-state index contributed by atoms with van der Waals surface area (Å²) in [6, 6.07) is 4.94. The number of aliphatic carboxylic acids is 1. The molecule has 7 heteroatoms. The van der Waals surface area contributed by atoms with Gasteiger partial charge in [0, 0.05) is 22.6 Å². The molecule has 0 saturated heterocycles. The number of rotatable bonds is 5. The molecule has 112 valence electrons. The quantitative estimate of drug-likeness (QED) is 0.891. The van der Waals surface area contributed by atoms with Crippen LogP contribution in [0.3, 0.4) is 0 Å². The Hall–Kier alpha value is -1.73. The van der Waals surface area contributed by atoms with Crippen LogP contribution in [0.4, 0.5) is 4.39 Å². The van der Waals surface area contributed by atoms with Crippen LogP contribution in [0.5, 0.6) is 0 Å². The minimum atomic E-state index is -1.13. The normalized spacial score (nSPS) is 12.6. The van der Waals surface area contributed by atoms with E-state index < -0.39 is 17.8 Å². The second kappa shape index (κ2) is 6.36. The van der Waals surface area contributed by atoms with Crippen LogP contribution in [-0.2, 0) is 11.3 Å². The van der Waals surface area contributed by atoms with Gasteiger partial charge in [-0.2, -0.15) is 0 Å². The van der Waals surface area contributed by atoms with Crippen LogP contribution in [0.1, 0.15) is 23.1 Å². The van der Waals surface area contributed by atoms with E-state index in [4.69, 9.17) is 4.52 Å². The minimum Gasteiger partial charge on any atom is -0.480 e. The van der Waals surface area contributed by atoms with E-state index >= 15 is 0 Å². The molecule has 1 aromatic heterocycles. The first-order valence-electron chi connectivity index (χ1n) is 6.18. The lowest BCUT2D eigenvalue weighted by Crippen LogP contribution is -2.31. The number of benzene rings is 1. The summed E-state index contributed by atoms with van der Waals surface area (Å²) < 4.78 is 19.5. The van der Waals surface area contributed by atoms with Crippen molar-refractivity contribution in [1.82, 2.24) is 10.1 Å². The van der Waals surface area contributed by atoms with E-state index in [9.17, 15) is 14.3 Å². The molecule has 1 aromatic carbocycles. The Balaban J connectivity index is 2.27. The van der Waals surface area contributed by atoms with Gasteiger partial charge in [0.15, 0.2) is 0 Å². The molecule has 0 bridgehead atoms. The van der Waals surface area contributed by atoms with E-state index in [-0.39, 0.29) is 12.1 Å². The summed E-state index contributed by atoms with van der Waals surface area (Å²) in [6.07, 6.45) is 0. The number of halogens is 2. The molecule has 0 aliphatic carbocycles. The van der Waals surface area contributed by atoms with Gasteiger partial charge in [-0.1, -0.05) is 27.2 Å². The van der Waals surface area contributed by atoms with E-state index in [0.717, 1.165) is 0 Å². The Morgan fingerprint density at radius 1 is 1.52 bits per heavy atom. The average molecular weight is 357 g/mol. The van der Waals surface area contributed by atoms with Crippen LogP contribution in [0, 0.1) is 12.7 Å². The largest absolute Gasteiger partial charge is 0.480 e. The van der Waals surface area contributed by atoms with Gasteiger partial charge in [-0.15, -0.1) is 0 Å². The number of aromatic nitrogens is 1. The zero-order valence-corrected chi connectivity index (χ0v) is 13.1. The fourth-order valence-corrected chi connectivity index (χ4v) is 2.45.